The largest absolute Gasteiger partial charge is 0.307 e. The summed E-state index contributed by atoms with van der Waals surface area (Å²) in [6, 6.07) is 7.83. The number of carbonyl (C=O) groups is 1. The molecule has 1 atom stereocenters. The van der Waals surface area contributed by atoms with Crippen LogP contribution in [0.2, 0.25) is 0 Å². The highest BCUT2D eigenvalue weighted by atomic mass is 16.1. The topological polar surface area (TPSA) is 29.1 Å². The smallest absolute Gasteiger partial charge is 0.156 e. The highest BCUT2D eigenvalue weighted by Crippen LogP contribution is 2.20. The van der Waals surface area contributed by atoms with E-state index in [1.807, 2.05) is 93.6 Å². The zero-order valence-electron chi connectivity index (χ0n) is 15.9. The number of hydrogen-bond acceptors (Lipinski definition) is 2. The Morgan fingerprint density at radius 2 is 1.38 bits per heavy atom. The van der Waals surface area contributed by atoms with Gasteiger partial charge in [0.05, 0.1) is 6.04 Å². The molecule has 0 amide bonds. The van der Waals surface area contributed by atoms with Crippen LogP contribution in [-0.2, 0) is 4.79 Å². The van der Waals surface area contributed by atoms with Crippen LogP contribution >= 0.6 is 0 Å². The van der Waals surface area contributed by atoms with E-state index in [1.165, 1.54) is 0 Å². The van der Waals surface area contributed by atoms with Crippen LogP contribution in [0.15, 0.2) is 24.3 Å². The average Bonchev–Trinajstić information content (AvgIpc) is 2.55. The summed E-state index contributed by atoms with van der Waals surface area (Å²) in [5, 5.41) is 3.09. The normalized spacial score (nSPS) is 10.0. The van der Waals surface area contributed by atoms with E-state index in [2.05, 4.69) is 5.32 Å². The molecule has 0 fully saturated rings. The molecule has 1 unspecified atom stereocenters. The second kappa shape index (κ2) is 16.9. The van der Waals surface area contributed by atoms with Crippen molar-refractivity contribution in [1.29, 1.82) is 0 Å². The van der Waals surface area contributed by atoms with Crippen molar-refractivity contribution in [3.63, 3.8) is 0 Å². The van der Waals surface area contributed by atoms with Crippen LogP contribution in [0.5, 0.6) is 0 Å². The van der Waals surface area contributed by atoms with Crippen molar-refractivity contribution in [2.45, 2.75) is 68.4 Å². The fourth-order valence-corrected chi connectivity index (χ4v) is 1.70. The third kappa shape index (κ3) is 9.41. The summed E-state index contributed by atoms with van der Waals surface area (Å²) < 4.78 is 0. The molecule has 0 aliphatic rings. The van der Waals surface area contributed by atoms with Crippen molar-refractivity contribution in [2.24, 2.45) is 5.92 Å². The minimum absolute atomic E-state index is 0.0575. The van der Waals surface area contributed by atoms with Gasteiger partial charge in [0.2, 0.25) is 0 Å². The molecule has 0 heterocycles. The molecular weight excluding hydrogens is 258 g/mol. The number of hydrogen-bond donors (Lipinski definition) is 1. The monoisotopic (exact) mass is 295 g/mol. The number of nitrogens with one attached hydrogen (secondary N) is 1. The van der Waals surface area contributed by atoms with E-state index in [9.17, 15) is 4.79 Å². The minimum atomic E-state index is -0.175. The second-order valence-corrected chi connectivity index (χ2v) is 4.14. The van der Waals surface area contributed by atoms with Crippen LogP contribution < -0.4 is 5.32 Å². The van der Waals surface area contributed by atoms with E-state index in [4.69, 9.17) is 0 Å². The lowest BCUT2D eigenvalue weighted by molar-refractivity contribution is -0.124. The molecule has 0 bridgehead atoms. The molecule has 1 N–H and O–H groups in total. The number of carbonyl (C=O) groups excluding carboxylic acids is 1. The summed E-state index contributed by atoms with van der Waals surface area (Å²) in [7, 11) is 1.83. The molecule has 21 heavy (non-hydrogen) atoms. The maximum Gasteiger partial charge on any atom is 0.156 e. The predicted octanol–water partition coefficient (Wildman–Crippen LogP) is 5.56. The van der Waals surface area contributed by atoms with Gasteiger partial charge in [-0.1, -0.05) is 79.7 Å². The van der Waals surface area contributed by atoms with Crippen LogP contribution in [-0.4, -0.2) is 12.8 Å². The van der Waals surface area contributed by atoms with E-state index in [-0.39, 0.29) is 17.7 Å². The highest BCUT2D eigenvalue weighted by Gasteiger charge is 2.22. The number of aryl methyl sites for hydroxylation is 1. The van der Waals surface area contributed by atoms with Crippen molar-refractivity contribution in [3.05, 3.63) is 35.4 Å². The van der Waals surface area contributed by atoms with Gasteiger partial charge in [-0.3, -0.25) is 4.79 Å². The van der Waals surface area contributed by atoms with E-state index in [1.54, 1.807) is 0 Å². The summed E-state index contributed by atoms with van der Waals surface area (Å²) >= 11 is 0. The average molecular weight is 296 g/mol. The Bertz CT molecular complexity index is 345. The second-order valence-electron chi connectivity index (χ2n) is 4.14. The summed E-state index contributed by atoms with van der Waals surface area (Å²) in [5.74, 6) is 0.300. The van der Waals surface area contributed by atoms with Gasteiger partial charge in [0, 0.05) is 5.92 Å². The Labute approximate surface area is 133 Å². The fraction of sp³-hybridized carbons (Fsp3) is 0.632. The number of benzene rings is 1. The number of likely N-dealkylation sites (N-methyl/N-ethyl adjacent to an activating group) is 1. The summed E-state index contributed by atoms with van der Waals surface area (Å²) in [4.78, 5) is 12.0. The highest BCUT2D eigenvalue weighted by molar-refractivity contribution is 5.87. The maximum atomic E-state index is 12.0. The van der Waals surface area contributed by atoms with Gasteiger partial charge < -0.3 is 5.32 Å². The molecular formula is C19H37NO. The van der Waals surface area contributed by atoms with E-state index >= 15 is 0 Å². The van der Waals surface area contributed by atoms with Gasteiger partial charge in [0.15, 0.2) is 5.78 Å². The van der Waals surface area contributed by atoms with Crippen LogP contribution in [0.25, 0.3) is 0 Å². The van der Waals surface area contributed by atoms with Gasteiger partial charge in [-0.05, 0) is 25.1 Å². The van der Waals surface area contributed by atoms with Crippen molar-refractivity contribution < 1.29 is 4.79 Å². The first-order valence-electron chi connectivity index (χ1n) is 8.34. The Balaban J connectivity index is -0.000000478. The van der Waals surface area contributed by atoms with Gasteiger partial charge in [-0.25, -0.2) is 0 Å². The first-order chi connectivity index (χ1) is 10.1. The standard InChI is InChI=1S/C13H19NO.3C2H6/c1-9(2)13(15)12(14-4)11-8-6-5-7-10(11)3;3*1-2/h5-9,12,14H,1-4H3;3*1-2H3. The van der Waals surface area contributed by atoms with Crippen LogP contribution in [0.4, 0.5) is 0 Å². The fourth-order valence-electron chi connectivity index (χ4n) is 1.70. The molecule has 1 rings (SSSR count). The van der Waals surface area contributed by atoms with Crippen molar-refractivity contribution in [1.82, 2.24) is 5.32 Å². The lowest BCUT2D eigenvalue weighted by Crippen LogP contribution is -2.29. The SMILES string of the molecule is CC.CC.CC.CNC(C(=O)C(C)C)c1ccccc1C. The number of ketones is 1. The minimum Gasteiger partial charge on any atom is -0.307 e. The summed E-state index contributed by atoms with van der Waals surface area (Å²) in [5.41, 5.74) is 2.24. The lowest BCUT2D eigenvalue weighted by Gasteiger charge is -2.19. The van der Waals surface area contributed by atoms with Gasteiger partial charge in [-0.15, -0.1) is 0 Å². The summed E-state index contributed by atoms with van der Waals surface area (Å²) in [6.45, 7) is 17.9. The third-order valence-corrected chi connectivity index (χ3v) is 2.64. The zero-order valence-corrected chi connectivity index (χ0v) is 15.9. The molecule has 1 aromatic rings. The summed E-state index contributed by atoms with van der Waals surface area (Å²) in [6.07, 6.45) is 0. The van der Waals surface area contributed by atoms with Gasteiger partial charge >= 0.3 is 0 Å². The van der Waals surface area contributed by atoms with Gasteiger partial charge in [0.25, 0.3) is 0 Å². The number of rotatable bonds is 4. The van der Waals surface area contributed by atoms with Gasteiger partial charge in [-0.2, -0.15) is 0 Å². The van der Waals surface area contributed by atoms with Crippen molar-refractivity contribution >= 4 is 5.78 Å². The lowest BCUT2D eigenvalue weighted by atomic mass is 9.93. The predicted molar refractivity (Wildman–Crippen MR) is 96.9 cm³/mol. The van der Waals surface area contributed by atoms with E-state index < -0.39 is 0 Å². The molecule has 2 heteroatoms. The molecule has 0 radical (unpaired) electrons. The Morgan fingerprint density at radius 3 is 1.71 bits per heavy atom. The van der Waals surface area contributed by atoms with E-state index in [0.717, 1.165) is 11.1 Å². The molecule has 124 valence electrons. The Morgan fingerprint density at radius 1 is 0.952 bits per heavy atom. The first kappa shape index (κ1) is 24.8. The third-order valence-electron chi connectivity index (χ3n) is 2.64. The van der Waals surface area contributed by atoms with Gasteiger partial charge in [0.1, 0.15) is 0 Å². The molecule has 0 aliphatic heterocycles. The molecule has 2 nitrogen and oxygen atoms in total. The maximum absolute atomic E-state index is 12.0. The van der Waals surface area contributed by atoms with Crippen LogP contribution in [0.1, 0.15) is 72.6 Å². The molecule has 0 spiro atoms. The van der Waals surface area contributed by atoms with Crippen LogP contribution in [0, 0.1) is 12.8 Å². The Hall–Kier alpha value is -1.15. The van der Waals surface area contributed by atoms with Crippen molar-refractivity contribution in [3.8, 4) is 0 Å². The molecule has 0 saturated heterocycles. The first-order valence-corrected chi connectivity index (χ1v) is 8.34. The van der Waals surface area contributed by atoms with E-state index in [0.29, 0.717) is 0 Å². The van der Waals surface area contributed by atoms with Crippen molar-refractivity contribution in [2.75, 3.05) is 7.05 Å². The number of Topliss-reactive ketones (excluding diaryl/α,β-unsaturated/α-hetero) is 1. The quantitative estimate of drug-likeness (QED) is 0.788. The zero-order chi connectivity index (χ0) is 17.4. The molecule has 0 aliphatic carbocycles. The van der Waals surface area contributed by atoms with Crippen LogP contribution in [0.3, 0.4) is 0 Å². The molecule has 0 aromatic heterocycles. The molecule has 0 saturated carbocycles. The molecule has 1 aromatic carbocycles. The Kier molecular flexibility index (Phi) is 20.0.